The van der Waals surface area contributed by atoms with Gasteiger partial charge in [-0.15, -0.1) is 0 Å². The van der Waals surface area contributed by atoms with Crippen molar-refractivity contribution in [3.63, 3.8) is 0 Å². The molecule has 11 nitrogen and oxygen atoms in total. The Kier molecular flexibility index (Phi) is 3.37. The second-order valence-electron chi connectivity index (χ2n) is 4.78. The third-order valence-electron chi connectivity index (χ3n) is 3.08. The highest BCUT2D eigenvalue weighted by Crippen LogP contribution is 2.32. The molecule has 0 bridgehead atoms. The van der Waals surface area contributed by atoms with Crippen LogP contribution in [-0.4, -0.2) is 34.5 Å². The zero-order valence-corrected chi connectivity index (χ0v) is 12.4. The van der Waals surface area contributed by atoms with E-state index in [1.54, 1.807) is 53.1 Å². The molecule has 23 heavy (non-hydrogen) atoms. The number of aromatic nitrogens is 6. The van der Waals surface area contributed by atoms with E-state index in [1.165, 1.54) is 0 Å². The second-order valence-corrected chi connectivity index (χ2v) is 4.78. The summed E-state index contributed by atoms with van der Waals surface area (Å²) in [5.74, 6) is -0.0214. The van der Waals surface area contributed by atoms with Crippen molar-refractivity contribution in [2.24, 2.45) is 14.1 Å². The van der Waals surface area contributed by atoms with Gasteiger partial charge in [-0.25, -0.2) is 4.98 Å². The van der Waals surface area contributed by atoms with Crippen LogP contribution in [0.4, 0.5) is 28.8 Å². The molecule has 2 N–H and O–H groups in total. The van der Waals surface area contributed by atoms with Gasteiger partial charge in [-0.1, -0.05) is 0 Å². The zero-order chi connectivity index (χ0) is 16.6. The molecule has 0 aliphatic rings. The van der Waals surface area contributed by atoms with Gasteiger partial charge < -0.3 is 5.73 Å². The second kappa shape index (κ2) is 5.36. The summed E-state index contributed by atoms with van der Waals surface area (Å²) in [7, 11) is 3.55. The number of nitro groups is 1. The molecule has 3 aromatic heterocycles. The van der Waals surface area contributed by atoms with Crippen LogP contribution in [0.2, 0.25) is 0 Å². The molecule has 0 radical (unpaired) electrons. The number of rotatable bonds is 4. The number of anilines is 4. The summed E-state index contributed by atoms with van der Waals surface area (Å²) < 4.78 is 3.24. The molecule has 0 saturated carbocycles. The predicted octanol–water partition coefficient (Wildman–Crippen LogP) is 0.904. The molecule has 0 unspecified atom stereocenters. The van der Waals surface area contributed by atoms with Crippen molar-refractivity contribution < 1.29 is 4.92 Å². The van der Waals surface area contributed by atoms with Gasteiger partial charge in [0, 0.05) is 26.5 Å². The van der Waals surface area contributed by atoms with Crippen LogP contribution >= 0.6 is 0 Å². The van der Waals surface area contributed by atoms with E-state index >= 15 is 0 Å². The molecule has 0 aromatic carbocycles. The summed E-state index contributed by atoms with van der Waals surface area (Å²) in [6, 6.07) is 0. The lowest BCUT2D eigenvalue weighted by Gasteiger charge is -2.18. The minimum atomic E-state index is -0.627. The normalized spacial score (nSPS) is 10.7. The smallest absolute Gasteiger partial charge is 0.329 e. The number of hydrogen-bond donors (Lipinski definition) is 1. The fourth-order valence-electron chi connectivity index (χ4n) is 2.05. The van der Waals surface area contributed by atoms with Gasteiger partial charge in [-0.2, -0.15) is 15.2 Å². The van der Waals surface area contributed by atoms with Crippen LogP contribution in [0.5, 0.6) is 0 Å². The minimum absolute atomic E-state index is 0.189. The fraction of sp³-hybridized carbons (Fsp3) is 0.167. The lowest BCUT2D eigenvalue weighted by Crippen LogP contribution is -2.14. The molecule has 0 fully saturated rings. The number of nitrogens with two attached hydrogens (primary N) is 1. The topological polar surface area (TPSA) is 134 Å². The summed E-state index contributed by atoms with van der Waals surface area (Å²) in [6.07, 6.45) is 7.83. The van der Waals surface area contributed by atoms with Gasteiger partial charge in [0.2, 0.25) is 11.8 Å². The monoisotopic (exact) mass is 315 g/mol. The minimum Gasteiger partial charge on any atom is -0.378 e. The first-order chi connectivity index (χ1) is 11.0. The molecular formula is C12H13N9O2. The van der Waals surface area contributed by atoms with E-state index in [0.717, 1.165) is 6.20 Å². The Morgan fingerprint density at radius 2 is 1.70 bits per heavy atom. The average Bonchev–Trinajstić information content (AvgIpc) is 3.08. The first kappa shape index (κ1) is 14.4. The highest BCUT2D eigenvalue weighted by molar-refractivity contribution is 5.72. The van der Waals surface area contributed by atoms with Crippen molar-refractivity contribution in [3.8, 4) is 0 Å². The van der Waals surface area contributed by atoms with Crippen LogP contribution < -0.4 is 10.6 Å². The van der Waals surface area contributed by atoms with Gasteiger partial charge >= 0.3 is 5.69 Å². The fourth-order valence-corrected chi connectivity index (χ4v) is 2.05. The molecule has 3 aromatic rings. The van der Waals surface area contributed by atoms with E-state index in [4.69, 9.17) is 5.73 Å². The molecule has 3 heterocycles. The Bertz CT molecular complexity index is 829. The van der Waals surface area contributed by atoms with Crippen LogP contribution in [0.15, 0.2) is 31.0 Å². The Morgan fingerprint density at radius 3 is 2.09 bits per heavy atom. The van der Waals surface area contributed by atoms with Crippen LogP contribution in [0.25, 0.3) is 0 Å². The molecular weight excluding hydrogens is 302 g/mol. The number of nitrogen functional groups attached to an aromatic ring is 1. The standard InChI is InChI=1S/C12H13N9O2/c1-18-6-8(3-15-18)20(9-4-16-19(2)7-9)12-14-5-10(21(22)23)11(13)17-12/h3-7H,1-2H3,(H2,13,14,17). The van der Waals surface area contributed by atoms with Crippen LogP contribution in [-0.2, 0) is 14.1 Å². The van der Waals surface area contributed by atoms with Gasteiger partial charge in [0.15, 0.2) is 0 Å². The van der Waals surface area contributed by atoms with Crippen LogP contribution in [0.3, 0.4) is 0 Å². The molecule has 0 saturated heterocycles. The largest absolute Gasteiger partial charge is 0.378 e. The van der Waals surface area contributed by atoms with E-state index in [2.05, 4.69) is 20.2 Å². The van der Waals surface area contributed by atoms with Crippen molar-refractivity contribution in [2.45, 2.75) is 0 Å². The Hall–Kier alpha value is -3.50. The number of hydrogen-bond acceptors (Lipinski definition) is 8. The molecule has 0 spiro atoms. The Morgan fingerprint density at radius 1 is 1.13 bits per heavy atom. The molecule has 0 aliphatic heterocycles. The maximum Gasteiger partial charge on any atom is 0.329 e. The molecule has 0 atom stereocenters. The molecule has 0 aliphatic carbocycles. The van der Waals surface area contributed by atoms with Gasteiger partial charge in [0.25, 0.3) is 0 Å². The Labute approximate surface area is 130 Å². The average molecular weight is 315 g/mol. The maximum atomic E-state index is 10.9. The van der Waals surface area contributed by atoms with Crippen molar-refractivity contribution in [1.29, 1.82) is 0 Å². The van der Waals surface area contributed by atoms with E-state index in [0.29, 0.717) is 11.4 Å². The number of aryl methyl sites for hydroxylation is 2. The highest BCUT2D eigenvalue weighted by atomic mass is 16.6. The Balaban J connectivity index is 2.12. The molecule has 11 heteroatoms. The van der Waals surface area contributed by atoms with Gasteiger partial charge in [0.05, 0.1) is 28.7 Å². The summed E-state index contributed by atoms with van der Waals surface area (Å²) in [5, 5.41) is 19.1. The molecule has 3 rings (SSSR count). The van der Waals surface area contributed by atoms with E-state index in [9.17, 15) is 10.1 Å². The van der Waals surface area contributed by atoms with E-state index < -0.39 is 4.92 Å². The van der Waals surface area contributed by atoms with Gasteiger partial charge in [-0.3, -0.25) is 24.4 Å². The summed E-state index contributed by atoms with van der Waals surface area (Å²) >= 11 is 0. The summed E-state index contributed by atoms with van der Waals surface area (Å²) in [6.45, 7) is 0. The zero-order valence-electron chi connectivity index (χ0n) is 12.4. The third kappa shape index (κ3) is 2.66. The van der Waals surface area contributed by atoms with Crippen molar-refractivity contribution in [1.82, 2.24) is 29.5 Å². The van der Waals surface area contributed by atoms with Gasteiger partial charge in [0.1, 0.15) is 6.20 Å². The van der Waals surface area contributed by atoms with E-state index in [-0.39, 0.29) is 17.5 Å². The van der Waals surface area contributed by atoms with E-state index in [1.807, 2.05) is 0 Å². The first-order valence-electron chi connectivity index (χ1n) is 6.50. The lowest BCUT2D eigenvalue weighted by atomic mass is 10.4. The summed E-state index contributed by atoms with van der Waals surface area (Å²) in [4.78, 5) is 20.0. The van der Waals surface area contributed by atoms with Crippen LogP contribution in [0.1, 0.15) is 0 Å². The SMILES string of the molecule is Cn1cc(N(c2cnn(C)c2)c2ncc([N+](=O)[O-])c(N)n2)cn1. The predicted molar refractivity (Wildman–Crippen MR) is 81.3 cm³/mol. The maximum absolute atomic E-state index is 10.9. The summed E-state index contributed by atoms with van der Waals surface area (Å²) in [5.41, 5.74) is 6.67. The van der Waals surface area contributed by atoms with Crippen molar-refractivity contribution >= 4 is 28.8 Å². The molecule has 118 valence electrons. The van der Waals surface area contributed by atoms with Crippen LogP contribution in [0, 0.1) is 10.1 Å². The number of nitrogens with zero attached hydrogens (tertiary/aromatic N) is 8. The third-order valence-corrected chi connectivity index (χ3v) is 3.08. The lowest BCUT2D eigenvalue weighted by molar-refractivity contribution is -0.384. The molecule has 0 amide bonds. The first-order valence-corrected chi connectivity index (χ1v) is 6.50. The van der Waals surface area contributed by atoms with Crippen molar-refractivity contribution in [3.05, 3.63) is 41.1 Å². The quantitative estimate of drug-likeness (QED) is 0.554. The highest BCUT2D eigenvalue weighted by Gasteiger charge is 2.22. The van der Waals surface area contributed by atoms with Crippen molar-refractivity contribution in [2.75, 3.05) is 10.6 Å². The van der Waals surface area contributed by atoms with Gasteiger partial charge in [-0.05, 0) is 0 Å².